The van der Waals surface area contributed by atoms with Crippen LogP contribution in [0.2, 0.25) is 0 Å². The predicted molar refractivity (Wildman–Crippen MR) is 89.6 cm³/mol. The van der Waals surface area contributed by atoms with Crippen molar-refractivity contribution in [2.75, 3.05) is 13.1 Å². The Morgan fingerprint density at radius 2 is 2.00 bits per heavy atom. The molecular weight excluding hydrogens is 308 g/mol. The van der Waals surface area contributed by atoms with E-state index in [0.29, 0.717) is 31.1 Å². The Morgan fingerprint density at radius 1 is 1.25 bits per heavy atom. The third kappa shape index (κ3) is 6.00. The fourth-order valence-electron chi connectivity index (χ4n) is 2.12. The molecule has 0 aliphatic carbocycles. The number of hydrogen-bond acceptors (Lipinski definition) is 5. The zero-order valence-corrected chi connectivity index (χ0v) is 14.0. The van der Waals surface area contributed by atoms with E-state index in [1.165, 1.54) is 0 Å². The highest BCUT2D eigenvalue weighted by atomic mass is 16.5. The Balaban J connectivity index is 1.62. The van der Waals surface area contributed by atoms with Crippen molar-refractivity contribution in [2.45, 2.75) is 38.7 Å². The molecule has 1 unspecified atom stereocenters. The first-order valence-corrected chi connectivity index (χ1v) is 8.10. The summed E-state index contributed by atoms with van der Waals surface area (Å²) in [7, 11) is 0. The number of aliphatic hydroxyl groups excluding tert-OH is 1. The summed E-state index contributed by atoms with van der Waals surface area (Å²) in [5.41, 5.74) is 1.03. The van der Waals surface area contributed by atoms with Crippen LogP contribution in [0.15, 0.2) is 34.9 Å². The topological polar surface area (TPSA) is 100 Å². The lowest BCUT2D eigenvalue weighted by Gasteiger charge is -2.12. The van der Waals surface area contributed by atoms with Crippen LogP contribution in [-0.2, 0) is 12.8 Å². The van der Waals surface area contributed by atoms with Gasteiger partial charge in [-0.3, -0.25) is 0 Å². The lowest BCUT2D eigenvalue weighted by Crippen LogP contribution is -2.41. The van der Waals surface area contributed by atoms with Crippen molar-refractivity contribution in [1.82, 2.24) is 20.8 Å². The number of hydrogen-bond donors (Lipinski definition) is 3. The second kappa shape index (κ2) is 9.02. The zero-order valence-electron chi connectivity index (χ0n) is 14.0. The monoisotopic (exact) mass is 332 g/mol. The number of aliphatic hydroxyl groups is 1. The van der Waals surface area contributed by atoms with Gasteiger partial charge in [-0.2, -0.15) is 4.98 Å². The first-order valence-electron chi connectivity index (χ1n) is 8.10. The number of amides is 2. The van der Waals surface area contributed by atoms with Crippen LogP contribution in [-0.4, -0.2) is 40.5 Å². The second-order valence-electron chi connectivity index (χ2n) is 5.93. The molecule has 130 valence electrons. The molecule has 7 heteroatoms. The van der Waals surface area contributed by atoms with E-state index in [2.05, 4.69) is 20.8 Å². The molecule has 0 spiro atoms. The van der Waals surface area contributed by atoms with Crippen LogP contribution in [0.5, 0.6) is 0 Å². The number of carbonyl (C=O) groups excluding carboxylic acids is 1. The number of nitrogens with zero attached hydrogens (tertiary/aromatic N) is 2. The third-order valence-corrected chi connectivity index (χ3v) is 3.44. The highest BCUT2D eigenvalue weighted by molar-refractivity contribution is 5.73. The summed E-state index contributed by atoms with van der Waals surface area (Å²) in [6, 6.07) is 9.33. The molecule has 2 aromatic rings. The average Bonchev–Trinajstić information content (AvgIpc) is 3.03. The largest absolute Gasteiger partial charge is 0.391 e. The van der Waals surface area contributed by atoms with E-state index in [1.807, 2.05) is 44.2 Å². The van der Waals surface area contributed by atoms with Gasteiger partial charge in [0.25, 0.3) is 0 Å². The number of rotatable bonds is 8. The van der Waals surface area contributed by atoms with Crippen molar-refractivity contribution >= 4 is 6.03 Å². The summed E-state index contributed by atoms with van der Waals surface area (Å²) >= 11 is 0. The Bertz CT molecular complexity index is 628. The number of benzene rings is 1. The Morgan fingerprint density at radius 3 is 2.67 bits per heavy atom. The van der Waals surface area contributed by atoms with E-state index < -0.39 is 6.10 Å². The highest BCUT2D eigenvalue weighted by Gasteiger charge is 2.10. The van der Waals surface area contributed by atoms with Gasteiger partial charge in [0.1, 0.15) is 0 Å². The van der Waals surface area contributed by atoms with Crippen LogP contribution in [0.4, 0.5) is 4.79 Å². The van der Waals surface area contributed by atoms with Crippen molar-refractivity contribution in [3.05, 3.63) is 47.6 Å². The molecule has 0 saturated carbocycles. The quantitative estimate of drug-likeness (QED) is 0.682. The van der Waals surface area contributed by atoms with Gasteiger partial charge in [0.2, 0.25) is 5.89 Å². The lowest BCUT2D eigenvalue weighted by molar-refractivity contribution is 0.170. The van der Waals surface area contributed by atoms with Gasteiger partial charge in [0.15, 0.2) is 5.82 Å². The molecule has 1 atom stereocenters. The first-order chi connectivity index (χ1) is 11.5. The minimum Gasteiger partial charge on any atom is -0.391 e. The molecule has 24 heavy (non-hydrogen) atoms. The SMILES string of the molecule is CC(C)c1noc(CCNC(=O)NCC(O)Cc2ccccc2)n1. The summed E-state index contributed by atoms with van der Waals surface area (Å²) in [5.74, 6) is 1.38. The molecule has 1 aromatic carbocycles. The van der Waals surface area contributed by atoms with Gasteiger partial charge in [0.05, 0.1) is 6.10 Å². The fourth-order valence-corrected chi connectivity index (χ4v) is 2.12. The summed E-state index contributed by atoms with van der Waals surface area (Å²) in [4.78, 5) is 15.9. The summed E-state index contributed by atoms with van der Waals surface area (Å²) < 4.78 is 5.10. The van der Waals surface area contributed by atoms with Crippen molar-refractivity contribution in [1.29, 1.82) is 0 Å². The second-order valence-corrected chi connectivity index (χ2v) is 5.93. The van der Waals surface area contributed by atoms with Crippen molar-refractivity contribution in [2.24, 2.45) is 0 Å². The van der Waals surface area contributed by atoms with Crippen LogP contribution in [0.3, 0.4) is 0 Å². The molecule has 0 radical (unpaired) electrons. The first kappa shape index (κ1) is 17.9. The molecule has 2 rings (SSSR count). The van der Waals surface area contributed by atoms with Crippen LogP contribution < -0.4 is 10.6 Å². The minimum absolute atomic E-state index is 0.193. The van der Waals surface area contributed by atoms with E-state index in [9.17, 15) is 9.90 Å². The maximum Gasteiger partial charge on any atom is 0.314 e. The van der Waals surface area contributed by atoms with Gasteiger partial charge in [-0.05, 0) is 5.56 Å². The molecule has 0 fully saturated rings. The van der Waals surface area contributed by atoms with E-state index >= 15 is 0 Å². The van der Waals surface area contributed by atoms with Crippen LogP contribution in [0, 0.1) is 0 Å². The molecule has 0 saturated heterocycles. The normalized spacial score (nSPS) is 12.2. The molecule has 1 heterocycles. The maximum absolute atomic E-state index is 11.7. The average molecular weight is 332 g/mol. The highest BCUT2D eigenvalue weighted by Crippen LogP contribution is 2.09. The van der Waals surface area contributed by atoms with Crippen molar-refractivity contribution in [3.8, 4) is 0 Å². The van der Waals surface area contributed by atoms with Crippen LogP contribution in [0.25, 0.3) is 0 Å². The number of urea groups is 1. The van der Waals surface area contributed by atoms with Crippen molar-refractivity contribution in [3.63, 3.8) is 0 Å². The van der Waals surface area contributed by atoms with Crippen molar-refractivity contribution < 1.29 is 14.4 Å². The van der Waals surface area contributed by atoms with Gasteiger partial charge in [-0.25, -0.2) is 4.79 Å². The Kier molecular flexibility index (Phi) is 6.74. The molecule has 0 aliphatic heterocycles. The summed E-state index contributed by atoms with van der Waals surface area (Å²) in [5, 5.41) is 19.1. The fraction of sp³-hybridized carbons (Fsp3) is 0.471. The Labute approximate surface area is 141 Å². The number of nitrogens with one attached hydrogen (secondary N) is 2. The van der Waals surface area contributed by atoms with E-state index in [-0.39, 0.29) is 18.5 Å². The van der Waals surface area contributed by atoms with Crippen LogP contribution in [0.1, 0.15) is 37.0 Å². The van der Waals surface area contributed by atoms with Gasteiger partial charge in [-0.1, -0.05) is 49.3 Å². The molecule has 1 aromatic heterocycles. The Hall–Kier alpha value is -2.41. The molecule has 2 amide bonds. The maximum atomic E-state index is 11.7. The van der Waals surface area contributed by atoms with E-state index in [0.717, 1.165) is 5.56 Å². The van der Waals surface area contributed by atoms with Crippen LogP contribution >= 0.6 is 0 Å². The molecule has 3 N–H and O–H groups in total. The van der Waals surface area contributed by atoms with Gasteiger partial charge >= 0.3 is 6.03 Å². The zero-order chi connectivity index (χ0) is 17.4. The predicted octanol–water partition coefficient (Wildman–Crippen LogP) is 1.64. The van der Waals surface area contributed by atoms with Gasteiger partial charge < -0.3 is 20.3 Å². The smallest absolute Gasteiger partial charge is 0.314 e. The molecular formula is C17H24N4O3. The molecule has 0 aliphatic rings. The summed E-state index contributed by atoms with van der Waals surface area (Å²) in [6.45, 7) is 4.56. The number of aromatic nitrogens is 2. The molecule has 7 nitrogen and oxygen atoms in total. The van der Waals surface area contributed by atoms with E-state index in [4.69, 9.17) is 4.52 Å². The lowest BCUT2D eigenvalue weighted by atomic mass is 10.1. The van der Waals surface area contributed by atoms with Gasteiger partial charge in [-0.15, -0.1) is 0 Å². The minimum atomic E-state index is -0.623. The summed E-state index contributed by atoms with van der Waals surface area (Å²) in [6.07, 6.45) is 0.350. The standard InChI is InChI=1S/C17H24N4O3/c1-12(2)16-20-15(24-21-16)8-9-18-17(23)19-11-14(22)10-13-6-4-3-5-7-13/h3-7,12,14,22H,8-11H2,1-2H3,(H2,18,19,23). The third-order valence-electron chi connectivity index (χ3n) is 3.44. The van der Waals surface area contributed by atoms with E-state index in [1.54, 1.807) is 0 Å². The molecule has 0 bridgehead atoms. The number of carbonyl (C=O) groups is 1. The van der Waals surface area contributed by atoms with Gasteiger partial charge in [0, 0.05) is 31.8 Å².